The Morgan fingerprint density at radius 2 is 1.90 bits per heavy atom. The molecular weight excluding hydrogens is 384 g/mol. The zero-order valence-corrected chi connectivity index (χ0v) is 18.1. The topological polar surface area (TPSA) is 111 Å². The van der Waals surface area contributed by atoms with Crippen molar-refractivity contribution in [2.75, 3.05) is 6.61 Å². The second-order valence-electron chi connectivity index (χ2n) is 7.77. The third-order valence-corrected chi connectivity index (χ3v) is 5.49. The highest BCUT2D eigenvalue weighted by atomic mass is 16.5. The number of hydrogen-bond acceptors (Lipinski definition) is 4. The van der Waals surface area contributed by atoms with Gasteiger partial charge in [-0.05, 0) is 37.0 Å². The Kier molecular flexibility index (Phi) is 8.45. The molecule has 0 spiro atoms. The Bertz CT molecular complexity index is 916. The van der Waals surface area contributed by atoms with Crippen molar-refractivity contribution >= 4 is 23.2 Å². The van der Waals surface area contributed by atoms with Gasteiger partial charge in [0.1, 0.15) is 5.75 Å². The van der Waals surface area contributed by atoms with E-state index in [0.29, 0.717) is 17.0 Å². The third-order valence-electron chi connectivity index (χ3n) is 5.49. The van der Waals surface area contributed by atoms with Gasteiger partial charge in [0.25, 0.3) is 11.7 Å². The van der Waals surface area contributed by atoms with Crippen molar-refractivity contribution in [2.45, 2.75) is 65.7 Å². The number of nitrogens with zero attached hydrogens (tertiary/aromatic N) is 1. The number of amides is 1. The van der Waals surface area contributed by atoms with Gasteiger partial charge in [-0.2, -0.15) is 0 Å². The van der Waals surface area contributed by atoms with Crippen LogP contribution in [0.2, 0.25) is 0 Å². The van der Waals surface area contributed by atoms with Gasteiger partial charge in [0.05, 0.1) is 11.1 Å². The van der Waals surface area contributed by atoms with Crippen LogP contribution in [-0.4, -0.2) is 33.8 Å². The SMILES string of the molecule is CCCCCC(CCC)Cc1c(C)c(C(=O)C(N)=O)c2c(OCC(=O)O)cccn12. The number of aliphatic carboxylic acids is 1. The van der Waals surface area contributed by atoms with Crippen LogP contribution in [0, 0.1) is 12.8 Å². The smallest absolute Gasteiger partial charge is 0.341 e. The van der Waals surface area contributed by atoms with E-state index >= 15 is 0 Å². The summed E-state index contributed by atoms with van der Waals surface area (Å²) < 4.78 is 7.28. The van der Waals surface area contributed by atoms with Crippen LogP contribution in [0.5, 0.6) is 5.75 Å². The van der Waals surface area contributed by atoms with E-state index in [1.165, 1.54) is 6.42 Å². The lowest BCUT2D eigenvalue weighted by Crippen LogP contribution is -2.23. The fourth-order valence-corrected chi connectivity index (χ4v) is 4.08. The van der Waals surface area contributed by atoms with E-state index in [0.717, 1.165) is 44.2 Å². The Morgan fingerprint density at radius 1 is 1.17 bits per heavy atom. The van der Waals surface area contributed by atoms with Crippen molar-refractivity contribution in [3.8, 4) is 5.75 Å². The van der Waals surface area contributed by atoms with Crippen LogP contribution >= 0.6 is 0 Å². The lowest BCUT2D eigenvalue weighted by atomic mass is 9.90. The normalized spacial score (nSPS) is 12.1. The Morgan fingerprint density at radius 3 is 2.50 bits per heavy atom. The van der Waals surface area contributed by atoms with Crippen molar-refractivity contribution in [3.05, 3.63) is 35.2 Å². The maximum absolute atomic E-state index is 12.6. The maximum atomic E-state index is 12.6. The first kappa shape index (κ1) is 23.4. The van der Waals surface area contributed by atoms with E-state index in [1.54, 1.807) is 12.1 Å². The molecule has 0 saturated heterocycles. The largest absolute Gasteiger partial charge is 0.480 e. The number of carbonyl (C=O) groups is 3. The standard InChI is InChI=1S/C23H32N2O5/c1-4-6-7-10-16(9-5-2)13-17-15(3)20(22(28)23(24)29)21-18(30-14-19(26)27)11-8-12-25(17)21/h8,11-12,16H,4-7,9-10,13-14H2,1-3H3,(H2,24,29)(H,26,27). The molecule has 2 aromatic rings. The number of hydrogen-bond donors (Lipinski definition) is 2. The molecule has 1 unspecified atom stereocenters. The van der Waals surface area contributed by atoms with Crippen LogP contribution < -0.4 is 10.5 Å². The van der Waals surface area contributed by atoms with E-state index in [-0.39, 0.29) is 11.3 Å². The molecule has 30 heavy (non-hydrogen) atoms. The van der Waals surface area contributed by atoms with Crippen LogP contribution in [-0.2, 0) is 16.0 Å². The number of carboxylic acid groups (broad SMARTS) is 1. The van der Waals surface area contributed by atoms with Gasteiger partial charge in [-0.1, -0.05) is 52.4 Å². The Hall–Kier alpha value is -2.83. The number of carboxylic acids is 1. The number of aromatic nitrogens is 1. The van der Waals surface area contributed by atoms with Crippen LogP contribution in [0.15, 0.2) is 18.3 Å². The first-order valence-electron chi connectivity index (χ1n) is 10.6. The van der Waals surface area contributed by atoms with Gasteiger partial charge in [-0.15, -0.1) is 0 Å². The molecule has 1 amide bonds. The predicted octanol–water partition coefficient (Wildman–Crippen LogP) is 3.92. The molecule has 0 radical (unpaired) electrons. The zero-order chi connectivity index (χ0) is 22.3. The monoisotopic (exact) mass is 416 g/mol. The minimum atomic E-state index is -1.12. The average molecular weight is 417 g/mol. The lowest BCUT2D eigenvalue weighted by molar-refractivity contribution is -0.139. The number of primary amides is 1. The summed E-state index contributed by atoms with van der Waals surface area (Å²) in [7, 11) is 0. The zero-order valence-electron chi connectivity index (χ0n) is 18.1. The molecule has 7 nitrogen and oxygen atoms in total. The summed E-state index contributed by atoms with van der Waals surface area (Å²) in [4.78, 5) is 35.3. The molecule has 0 fully saturated rings. The number of ketones is 1. The van der Waals surface area contributed by atoms with Gasteiger partial charge in [-0.3, -0.25) is 9.59 Å². The van der Waals surface area contributed by atoms with Crippen molar-refractivity contribution < 1.29 is 24.2 Å². The average Bonchev–Trinajstić information content (AvgIpc) is 2.98. The molecule has 7 heteroatoms. The minimum absolute atomic E-state index is 0.197. The van der Waals surface area contributed by atoms with Crippen molar-refractivity contribution in [3.63, 3.8) is 0 Å². The van der Waals surface area contributed by atoms with Crippen molar-refractivity contribution in [1.29, 1.82) is 0 Å². The van der Waals surface area contributed by atoms with Crippen molar-refractivity contribution in [2.24, 2.45) is 11.7 Å². The molecule has 0 aliphatic heterocycles. The molecule has 0 saturated carbocycles. The molecule has 3 N–H and O–H groups in total. The molecule has 2 rings (SSSR count). The quantitative estimate of drug-likeness (QED) is 0.292. The Balaban J connectivity index is 2.57. The van der Waals surface area contributed by atoms with Gasteiger partial charge in [0.15, 0.2) is 6.61 Å². The Labute approximate surface area is 177 Å². The summed E-state index contributed by atoms with van der Waals surface area (Å²) in [6.07, 6.45) is 9.33. The van der Waals surface area contributed by atoms with Crippen LogP contribution in [0.3, 0.4) is 0 Å². The first-order chi connectivity index (χ1) is 14.3. The highest BCUT2D eigenvalue weighted by Crippen LogP contribution is 2.33. The molecule has 2 heterocycles. The number of unbranched alkanes of at least 4 members (excludes halogenated alkanes) is 2. The minimum Gasteiger partial charge on any atom is -0.480 e. The molecule has 0 aliphatic carbocycles. The van der Waals surface area contributed by atoms with Gasteiger partial charge in [0, 0.05) is 11.9 Å². The van der Waals surface area contributed by atoms with E-state index in [1.807, 2.05) is 17.5 Å². The molecule has 164 valence electrons. The number of nitrogens with two attached hydrogens (primary N) is 1. The molecule has 0 aliphatic rings. The number of pyridine rings is 1. The van der Waals surface area contributed by atoms with E-state index in [4.69, 9.17) is 15.6 Å². The van der Waals surface area contributed by atoms with E-state index in [2.05, 4.69) is 13.8 Å². The summed E-state index contributed by atoms with van der Waals surface area (Å²) >= 11 is 0. The number of fused-ring (bicyclic) bond motifs is 1. The number of carbonyl (C=O) groups excluding carboxylic acids is 2. The van der Waals surface area contributed by atoms with Gasteiger partial charge < -0.3 is 20.0 Å². The van der Waals surface area contributed by atoms with Crippen LogP contribution in [0.25, 0.3) is 5.52 Å². The fourth-order valence-electron chi connectivity index (χ4n) is 4.08. The molecule has 2 aromatic heterocycles. The highest BCUT2D eigenvalue weighted by Gasteiger charge is 2.27. The molecule has 1 atom stereocenters. The third kappa shape index (κ3) is 5.40. The highest BCUT2D eigenvalue weighted by molar-refractivity contribution is 6.44. The van der Waals surface area contributed by atoms with E-state index in [9.17, 15) is 14.4 Å². The molecule has 0 bridgehead atoms. The summed E-state index contributed by atoms with van der Waals surface area (Å²) in [6, 6.07) is 3.35. The second-order valence-corrected chi connectivity index (χ2v) is 7.77. The first-order valence-corrected chi connectivity index (χ1v) is 10.6. The predicted molar refractivity (Wildman–Crippen MR) is 115 cm³/mol. The van der Waals surface area contributed by atoms with Crippen LogP contribution in [0.4, 0.5) is 0 Å². The van der Waals surface area contributed by atoms with Gasteiger partial charge in [-0.25, -0.2) is 4.79 Å². The second kappa shape index (κ2) is 10.8. The van der Waals surface area contributed by atoms with E-state index < -0.39 is 24.3 Å². The molecule has 0 aromatic carbocycles. The summed E-state index contributed by atoms with van der Waals surface area (Å²) in [6.45, 7) is 5.61. The van der Waals surface area contributed by atoms with Crippen molar-refractivity contribution in [1.82, 2.24) is 4.40 Å². The van der Waals surface area contributed by atoms with Gasteiger partial charge in [0.2, 0.25) is 0 Å². The molecular formula is C23H32N2O5. The number of Topliss-reactive ketones (excluding diaryl/α,β-unsaturated/α-hetero) is 1. The lowest BCUT2D eigenvalue weighted by Gasteiger charge is -2.17. The number of rotatable bonds is 13. The number of ether oxygens (including phenoxy) is 1. The van der Waals surface area contributed by atoms with Gasteiger partial charge >= 0.3 is 5.97 Å². The summed E-state index contributed by atoms with van der Waals surface area (Å²) in [5, 5.41) is 8.98. The van der Waals surface area contributed by atoms with Crippen LogP contribution in [0.1, 0.15) is 74.0 Å². The fraction of sp³-hybridized carbons (Fsp3) is 0.522. The maximum Gasteiger partial charge on any atom is 0.341 e. The summed E-state index contributed by atoms with van der Waals surface area (Å²) in [5.74, 6) is -2.25. The summed E-state index contributed by atoms with van der Waals surface area (Å²) in [5.41, 5.74) is 7.54.